The average molecular weight is 297 g/mol. The number of hydrogen-bond donors (Lipinski definition) is 2. The van der Waals surface area contributed by atoms with Gasteiger partial charge in [-0.25, -0.2) is 4.39 Å². The number of aryl methyl sites for hydroxylation is 2. The van der Waals surface area contributed by atoms with Gasteiger partial charge in [-0.3, -0.25) is 5.10 Å². The van der Waals surface area contributed by atoms with Crippen LogP contribution in [0.25, 0.3) is 22.3 Å². The fraction of sp³-hybridized carbons (Fsp3) is 0.389. The highest BCUT2D eigenvalue weighted by molar-refractivity contribution is 5.86. The van der Waals surface area contributed by atoms with Gasteiger partial charge in [0.1, 0.15) is 11.4 Å². The third kappa shape index (κ3) is 2.23. The number of aromatic amines is 2. The van der Waals surface area contributed by atoms with Gasteiger partial charge < -0.3 is 4.98 Å². The van der Waals surface area contributed by atoms with Gasteiger partial charge in [-0.1, -0.05) is 12.1 Å². The van der Waals surface area contributed by atoms with Crippen LogP contribution in [0.2, 0.25) is 0 Å². The zero-order valence-electron chi connectivity index (χ0n) is 13.0. The van der Waals surface area contributed by atoms with E-state index >= 15 is 0 Å². The smallest absolute Gasteiger partial charge is 0.112 e. The Morgan fingerprint density at radius 1 is 1.18 bits per heavy atom. The minimum Gasteiger partial charge on any atom is -0.353 e. The van der Waals surface area contributed by atoms with Gasteiger partial charge in [0.05, 0.1) is 5.69 Å². The van der Waals surface area contributed by atoms with E-state index in [4.69, 9.17) is 0 Å². The first-order valence-corrected chi connectivity index (χ1v) is 7.87. The Bertz CT molecular complexity index is 841. The maximum atomic E-state index is 14.3. The SMILES string of the molecule is Cc1ccc2cc(-c3n[nH]c4c3CCC(C)(F)CC4)[nH]c2c1. The molecule has 22 heavy (non-hydrogen) atoms. The molecule has 1 aromatic carbocycles. The number of rotatable bonds is 1. The number of hydrogen-bond acceptors (Lipinski definition) is 1. The van der Waals surface area contributed by atoms with E-state index in [2.05, 4.69) is 46.4 Å². The molecule has 0 bridgehead atoms. The van der Waals surface area contributed by atoms with Crippen molar-refractivity contribution in [1.82, 2.24) is 15.2 Å². The number of fused-ring (bicyclic) bond motifs is 2. The van der Waals surface area contributed by atoms with Crippen molar-refractivity contribution in [3.8, 4) is 11.4 Å². The summed E-state index contributed by atoms with van der Waals surface area (Å²) < 4.78 is 14.3. The highest BCUT2D eigenvalue weighted by Crippen LogP contribution is 2.34. The number of halogens is 1. The fourth-order valence-corrected chi connectivity index (χ4v) is 3.36. The molecular weight excluding hydrogens is 277 g/mol. The fourth-order valence-electron chi connectivity index (χ4n) is 3.36. The van der Waals surface area contributed by atoms with Crippen LogP contribution in [0.3, 0.4) is 0 Å². The molecule has 0 radical (unpaired) electrons. The maximum absolute atomic E-state index is 14.3. The number of benzene rings is 1. The van der Waals surface area contributed by atoms with Gasteiger partial charge in [0.2, 0.25) is 0 Å². The molecule has 0 saturated heterocycles. The predicted octanol–water partition coefficient (Wildman–Crippen LogP) is 4.47. The summed E-state index contributed by atoms with van der Waals surface area (Å²) in [7, 11) is 0. The number of H-pyrrole nitrogens is 2. The molecule has 0 amide bonds. The summed E-state index contributed by atoms with van der Waals surface area (Å²) in [5.41, 5.74) is 5.50. The third-order valence-electron chi connectivity index (χ3n) is 4.78. The Morgan fingerprint density at radius 2 is 2.00 bits per heavy atom. The van der Waals surface area contributed by atoms with Crippen molar-refractivity contribution in [2.24, 2.45) is 0 Å². The first-order valence-electron chi connectivity index (χ1n) is 7.87. The van der Waals surface area contributed by atoms with Crippen molar-refractivity contribution < 1.29 is 4.39 Å². The highest BCUT2D eigenvalue weighted by Gasteiger charge is 2.29. The molecule has 114 valence electrons. The second-order valence-corrected chi connectivity index (χ2v) is 6.72. The van der Waals surface area contributed by atoms with E-state index in [9.17, 15) is 4.39 Å². The summed E-state index contributed by atoms with van der Waals surface area (Å²) in [6.45, 7) is 3.79. The second kappa shape index (κ2) is 4.70. The lowest BCUT2D eigenvalue weighted by Gasteiger charge is -2.16. The highest BCUT2D eigenvalue weighted by atomic mass is 19.1. The molecular formula is C18H20FN3. The molecule has 1 atom stereocenters. The minimum absolute atomic E-state index is 0.561. The third-order valence-corrected chi connectivity index (χ3v) is 4.78. The summed E-state index contributed by atoms with van der Waals surface area (Å²) in [4.78, 5) is 3.45. The van der Waals surface area contributed by atoms with Gasteiger partial charge in [0.15, 0.2) is 0 Å². The van der Waals surface area contributed by atoms with Crippen molar-refractivity contribution in [3.63, 3.8) is 0 Å². The van der Waals surface area contributed by atoms with Crippen molar-refractivity contribution in [2.75, 3.05) is 0 Å². The van der Waals surface area contributed by atoms with Crippen LogP contribution < -0.4 is 0 Å². The van der Waals surface area contributed by atoms with E-state index in [-0.39, 0.29) is 0 Å². The lowest BCUT2D eigenvalue weighted by atomic mass is 9.98. The lowest BCUT2D eigenvalue weighted by molar-refractivity contribution is 0.166. The van der Waals surface area contributed by atoms with E-state index in [1.807, 2.05) is 0 Å². The molecule has 4 rings (SSSR count). The van der Waals surface area contributed by atoms with Crippen molar-refractivity contribution >= 4 is 10.9 Å². The molecule has 2 aromatic heterocycles. The zero-order valence-corrected chi connectivity index (χ0v) is 13.0. The van der Waals surface area contributed by atoms with Gasteiger partial charge in [-0.15, -0.1) is 0 Å². The molecule has 0 spiro atoms. The monoisotopic (exact) mass is 297 g/mol. The topological polar surface area (TPSA) is 44.5 Å². The number of nitrogens with one attached hydrogen (secondary N) is 2. The molecule has 1 unspecified atom stereocenters. The number of nitrogens with zero attached hydrogens (tertiary/aromatic N) is 1. The van der Waals surface area contributed by atoms with E-state index in [0.29, 0.717) is 12.8 Å². The first-order chi connectivity index (χ1) is 10.5. The largest absolute Gasteiger partial charge is 0.353 e. The average Bonchev–Trinajstić information content (AvgIpc) is 3.02. The summed E-state index contributed by atoms with van der Waals surface area (Å²) in [5, 5.41) is 8.80. The predicted molar refractivity (Wildman–Crippen MR) is 86.8 cm³/mol. The van der Waals surface area contributed by atoms with Crippen LogP contribution in [-0.4, -0.2) is 20.9 Å². The Hall–Kier alpha value is -2.10. The lowest BCUT2D eigenvalue weighted by Crippen LogP contribution is -2.17. The molecule has 0 aliphatic heterocycles. The molecule has 3 nitrogen and oxygen atoms in total. The van der Waals surface area contributed by atoms with E-state index in [0.717, 1.165) is 35.4 Å². The molecule has 2 N–H and O–H groups in total. The molecule has 1 aliphatic rings. The summed E-state index contributed by atoms with van der Waals surface area (Å²) >= 11 is 0. The quantitative estimate of drug-likeness (QED) is 0.639. The Balaban J connectivity index is 1.78. The van der Waals surface area contributed by atoms with E-state index in [1.54, 1.807) is 6.92 Å². The van der Waals surface area contributed by atoms with Crippen LogP contribution in [0.1, 0.15) is 36.6 Å². The Morgan fingerprint density at radius 3 is 2.86 bits per heavy atom. The van der Waals surface area contributed by atoms with Crippen LogP contribution in [0.4, 0.5) is 4.39 Å². The molecule has 1 aliphatic carbocycles. The van der Waals surface area contributed by atoms with Crippen molar-refractivity contribution in [1.29, 1.82) is 0 Å². The number of aromatic nitrogens is 3. The van der Waals surface area contributed by atoms with E-state index in [1.165, 1.54) is 16.5 Å². The Kier molecular flexibility index (Phi) is 2.90. The standard InChI is InChI=1S/C18H20FN3/c1-11-3-4-12-10-16(20-15(12)9-11)17-13-5-7-18(2,19)8-6-14(13)21-22-17/h3-4,9-10,20H,5-8H2,1-2H3,(H,21,22). The maximum Gasteiger partial charge on any atom is 0.112 e. The van der Waals surface area contributed by atoms with Crippen molar-refractivity contribution in [3.05, 3.63) is 41.1 Å². The van der Waals surface area contributed by atoms with Gasteiger partial charge in [-0.05, 0) is 57.2 Å². The molecule has 3 aromatic rings. The molecule has 2 heterocycles. The second-order valence-electron chi connectivity index (χ2n) is 6.72. The van der Waals surface area contributed by atoms with Gasteiger partial charge >= 0.3 is 0 Å². The minimum atomic E-state index is -1.07. The van der Waals surface area contributed by atoms with Gasteiger partial charge in [0, 0.05) is 22.2 Å². The van der Waals surface area contributed by atoms with Crippen LogP contribution in [-0.2, 0) is 12.8 Å². The zero-order chi connectivity index (χ0) is 15.3. The molecule has 0 fully saturated rings. The van der Waals surface area contributed by atoms with Gasteiger partial charge in [-0.2, -0.15) is 5.10 Å². The Labute approximate surface area is 128 Å². The van der Waals surface area contributed by atoms with E-state index < -0.39 is 5.67 Å². The first kappa shape index (κ1) is 13.6. The van der Waals surface area contributed by atoms with Gasteiger partial charge in [0.25, 0.3) is 0 Å². The van der Waals surface area contributed by atoms with Crippen LogP contribution in [0.15, 0.2) is 24.3 Å². The summed E-state index contributed by atoms with van der Waals surface area (Å²) in [6, 6.07) is 8.50. The number of alkyl halides is 1. The molecule has 0 saturated carbocycles. The van der Waals surface area contributed by atoms with Crippen LogP contribution in [0.5, 0.6) is 0 Å². The summed E-state index contributed by atoms with van der Waals surface area (Å²) in [5.74, 6) is 0. The molecule has 4 heteroatoms. The van der Waals surface area contributed by atoms with Crippen LogP contribution in [0, 0.1) is 6.92 Å². The normalized spacial score (nSPS) is 21.8. The van der Waals surface area contributed by atoms with Crippen molar-refractivity contribution in [2.45, 2.75) is 45.2 Å². The van der Waals surface area contributed by atoms with Crippen LogP contribution >= 0.6 is 0 Å². The summed E-state index contributed by atoms with van der Waals surface area (Å²) in [6.07, 6.45) is 2.59.